The third-order valence-electron chi connectivity index (χ3n) is 5.27. The van der Waals surface area contributed by atoms with Crippen LogP contribution in [0.4, 0.5) is 0 Å². The summed E-state index contributed by atoms with van der Waals surface area (Å²) in [5, 5.41) is 0.972. The highest BCUT2D eigenvalue weighted by atomic mass is 16.5. The van der Waals surface area contributed by atoms with E-state index in [-0.39, 0.29) is 24.1 Å². The Bertz CT molecular complexity index is 1200. The van der Waals surface area contributed by atoms with Crippen LogP contribution in [0.25, 0.3) is 10.9 Å². The quantitative estimate of drug-likeness (QED) is 0.357. The lowest BCUT2D eigenvalue weighted by atomic mass is 9.83. The number of ether oxygens (including phenoxy) is 2. The number of carbonyl (C=O) groups excluding carboxylic acids is 2. The summed E-state index contributed by atoms with van der Waals surface area (Å²) in [5.74, 6) is 0.584. The molecule has 5 nitrogen and oxygen atoms in total. The van der Waals surface area contributed by atoms with E-state index in [0.717, 1.165) is 27.6 Å². The Hall–Kier alpha value is -3.47. The van der Waals surface area contributed by atoms with Crippen molar-refractivity contribution in [2.45, 2.75) is 26.2 Å². The summed E-state index contributed by atoms with van der Waals surface area (Å²) in [4.78, 5) is 29.5. The van der Waals surface area contributed by atoms with Crippen LogP contribution in [0.15, 0.2) is 60.0 Å². The minimum atomic E-state index is -0.301. The highest BCUT2D eigenvalue weighted by molar-refractivity contribution is 6.13. The van der Waals surface area contributed by atoms with Gasteiger partial charge >= 0.3 is 5.97 Å². The first-order valence-electron chi connectivity index (χ1n) is 9.16. The molecule has 28 heavy (non-hydrogen) atoms. The predicted molar refractivity (Wildman–Crippen MR) is 104 cm³/mol. The van der Waals surface area contributed by atoms with E-state index >= 15 is 0 Å². The molecule has 3 heterocycles. The second kappa shape index (κ2) is 6.02. The van der Waals surface area contributed by atoms with Gasteiger partial charge in [-0.25, -0.2) is 0 Å². The second-order valence-corrected chi connectivity index (χ2v) is 7.26. The number of rotatable bonds is 1. The number of hydrogen-bond acceptors (Lipinski definition) is 5. The third-order valence-corrected chi connectivity index (χ3v) is 5.27. The number of esters is 1. The monoisotopic (exact) mass is 371 g/mol. The van der Waals surface area contributed by atoms with E-state index in [1.165, 1.54) is 0 Å². The first-order chi connectivity index (χ1) is 13.5. The van der Waals surface area contributed by atoms with Crippen LogP contribution in [0, 0.1) is 0 Å². The maximum atomic E-state index is 12.7. The molecule has 2 aromatic carbocycles. The standard InChI is InChI=1S/C23H17NO4/c1-12(2)22-21(26)15-7-8-18-20(23(15)28-22)16(11-19(25)27-18)13-9-10-24-17-6-4-3-5-14(13)17/h3-10,16H,11H2,1-2H3/t16-/m1/s1. The lowest BCUT2D eigenvalue weighted by molar-refractivity contribution is -0.135. The fraction of sp³-hybridized carbons (Fsp3) is 0.174. The van der Waals surface area contributed by atoms with Gasteiger partial charge in [0.15, 0.2) is 5.76 Å². The minimum Gasteiger partial charge on any atom is -0.452 e. The molecule has 0 aliphatic carbocycles. The fourth-order valence-electron chi connectivity index (χ4n) is 4.01. The molecule has 0 bridgehead atoms. The average molecular weight is 371 g/mol. The Kier molecular flexibility index (Phi) is 3.59. The molecule has 0 saturated heterocycles. The first-order valence-corrected chi connectivity index (χ1v) is 9.16. The molecule has 0 saturated carbocycles. The molecule has 0 radical (unpaired) electrons. The van der Waals surface area contributed by atoms with Crippen molar-refractivity contribution < 1.29 is 19.1 Å². The summed E-state index contributed by atoms with van der Waals surface area (Å²) in [7, 11) is 0. The van der Waals surface area contributed by atoms with Crippen LogP contribution >= 0.6 is 0 Å². The molecule has 5 heteroatoms. The maximum absolute atomic E-state index is 12.7. The number of pyridine rings is 1. The van der Waals surface area contributed by atoms with E-state index < -0.39 is 0 Å². The van der Waals surface area contributed by atoms with E-state index in [1.54, 1.807) is 18.3 Å². The van der Waals surface area contributed by atoms with Gasteiger partial charge in [0, 0.05) is 23.1 Å². The van der Waals surface area contributed by atoms with E-state index in [4.69, 9.17) is 9.47 Å². The fourth-order valence-corrected chi connectivity index (χ4v) is 4.01. The van der Waals surface area contributed by atoms with Crippen molar-refractivity contribution >= 4 is 22.7 Å². The first kappa shape index (κ1) is 16.7. The number of ketones is 1. The van der Waals surface area contributed by atoms with E-state index in [0.29, 0.717) is 22.8 Å². The Morgan fingerprint density at radius 3 is 2.68 bits per heavy atom. The lowest BCUT2D eigenvalue weighted by Gasteiger charge is -2.27. The minimum absolute atomic E-state index is 0.131. The van der Waals surface area contributed by atoms with Crippen LogP contribution in [0.2, 0.25) is 0 Å². The number of carbonyl (C=O) groups is 2. The number of fused-ring (bicyclic) bond motifs is 4. The number of Topliss-reactive ketones (excluding diaryl/α,β-unsaturated/α-hetero) is 1. The van der Waals surface area contributed by atoms with Crippen molar-refractivity contribution in [3.05, 3.63) is 76.7 Å². The van der Waals surface area contributed by atoms with Gasteiger partial charge in [-0.1, -0.05) is 18.2 Å². The number of benzene rings is 2. The zero-order valence-corrected chi connectivity index (χ0v) is 15.5. The molecule has 3 aromatic rings. The van der Waals surface area contributed by atoms with Gasteiger partial charge in [0.25, 0.3) is 0 Å². The molecule has 0 fully saturated rings. The highest BCUT2D eigenvalue weighted by Crippen LogP contribution is 2.49. The van der Waals surface area contributed by atoms with Crippen molar-refractivity contribution in [1.82, 2.24) is 4.98 Å². The SMILES string of the molecule is CC(C)=C1Oc2c(ccc3c2[C@@H](c2ccnc4ccccc24)CC(=O)O3)C1=O. The summed E-state index contributed by atoms with van der Waals surface area (Å²) in [6.45, 7) is 3.69. The molecule has 1 aromatic heterocycles. The Morgan fingerprint density at radius 2 is 1.86 bits per heavy atom. The van der Waals surface area contributed by atoms with E-state index in [9.17, 15) is 9.59 Å². The average Bonchev–Trinajstić information content (AvgIpc) is 3.03. The van der Waals surface area contributed by atoms with Crippen LogP contribution in [-0.2, 0) is 4.79 Å². The maximum Gasteiger partial charge on any atom is 0.312 e. The number of para-hydroxylation sites is 1. The van der Waals surface area contributed by atoms with E-state index in [1.807, 2.05) is 44.2 Å². The van der Waals surface area contributed by atoms with Crippen molar-refractivity contribution in [3.63, 3.8) is 0 Å². The second-order valence-electron chi connectivity index (χ2n) is 7.26. The molecule has 2 aliphatic rings. The number of hydrogen-bond donors (Lipinski definition) is 0. The van der Waals surface area contributed by atoms with Gasteiger partial charge < -0.3 is 9.47 Å². The van der Waals surface area contributed by atoms with E-state index in [2.05, 4.69) is 4.98 Å². The zero-order chi connectivity index (χ0) is 19.4. The van der Waals surface area contributed by atoms with Crippen molar-refractivity contribution in [2.24, 2.45) is 0 Å². The molecule has 0 N–H and O–H groups in total. The molecule has 1 atom stereocenters. The van der Waals surface area contributed by atoms with Crippen molar-refractivity contribution in [1.29, 1.82) is 0 Å². The van der Waals surface area contributed by atoms with Gasteiger partial charge in [-0.15, -0.1) is 0 Å². The normalized spacial score (nSPS) is 17.8. The summed E-state index contributed by atoms with van der Waals surface area (Å²) >= 11 is 0. The predicted octanol–water partition coefficient (Wildman–Crippen LogP) is 4.54. The smallest absolute Gasteiger partial charge is 0.312 e. The van der Waals surface area contributed by atoms with Gasteiger partial charge in [0.2, 0.25) is 5.78 Å². The van der Waals surface area contributed by atoms with Gasteiger partial charge in [-0.05, 0) is 49.2 Å². The summed E-state index contributed by atoms with van der Waals surface area (Å²) in [6, 6.07) is 13.1. The Balaban J connectivity index is 1.77. The van der Waals surface area contributed by atoms with Gasteiger partial charge in [0.1, 0.15) is 11.5 Å². The molecule has 0 unspecified atom stereocenters. The van der Waals surface area contributed by atoms with Crippen molar-refractivity contribution in [3.8, 4) is 11.5 Å². The highest BCUT2D eigenvalue weighted by Gasteiger charge is 2.39. The Morgan fingerprint density at radius 1 is 1.04 bits per heavy atom. The van der Waals surface area contributed by atoms with Crippen molar-refractivity contribution in [2.75, 3.05) is 0 Å². The van der Waals surface area contributed by atoms with Crippen LogP contribution in [-0.4, -0.2) is 16.7 Å². The number of nitrogens with zero attached hydrogens (tertiary/aromatic N) is 1. The van der Waals surface area contributed by atoms with Gasteiger partial charge in [0.05, 0.1) is 17.5 Å². The van der Waals surface area contributed by atoms with Crippen LogP contribution in [0.3, 0.4) is 0 Å². The molecular formula is C23H17NO4. The molecule has 2 aliphatic heterocycles. The molecule has 0 amide bonds. The van der Waals surface area contributed by atoms with Crippen LogP contribution < -0.4 is 9.47 Å². The largest absolute Gasteiger partial charge is 0.452 e. The van der Waals surface area contributed by atoms with Crippen LogP contribution in [0.5, 0.6) is 11.5 Å². The third kappa shape index (κ3) is 2.36. The Labute approximate surface area is 161 Å². The molecule has 5 rings (SSSR count). The van der Waals surface area contributed by atoms with Gasteiger partial charge in [-0.3, -0.25) is 14.6 Å². The summed E-state index contributed by atoms with van der Waals surface area (Å²) in [6.07, 6.45) is 1.92. The molecule has 0 spiro atoms. The zero-order valence-electron chi connectivity index (χ0n) is 15.5. The number of aromatic nitrogens is 1. The molecule has 138 valence electrons. The number of allylic oxidation sites excluding steroid dienone is 2. The summed E-state index contributed by atoms with van der Waals surface area (Å²) in [5.41, 5.74) is 3.90. The van der Waals surface area contributed by atoms with Gasteiger partial charge in [-0.2, -0.15) is 0 Å². The topological polar surface area (TPSA) is 65.5 Å². The summed E-state index contributed by atoms with van der Waals surface area (Å²) < 4.78 is 11.5. The molecular weight excluding hydrogens is 354 g/mol. The lowest BCUT2D eigenvalue weighted by Crippen LogP contribution is -2.21. The van der Waals surface area contributed by atoms with Crippen LogP contribution in [0.1, 0.15) is 47.7 Å².